The quantitative estimate of drug-likeness (QED) is 0.425. The molecule has 0 bridgehead atoms. The van der Waals surface area contributed by atoms with Gasteiger partial charge in [-0.1, -0.05) is 37.3 Å². The van der Waals surface area contributed by atoms with Gasteiger partial charge in [0.1, 0.15) is 0 Å². The lowest BCUT2D eigenvalue weighted by molar-refractivity contribution is 0.0981. The molecule has 0 saturated carbocycles. The lowest BCUT2D eigenvalue weighted by Crippen LogP contribution is -2.39. The first-order valence-electron chi connectivity index (χ1n) is 10.1. The summed E-state index contributed by atoms with van der Waals surface area (Å²) in [7, 11) is -3.31. The lowest BCUT2D eigenvalue weighted by Gasteiger charge is -2.25. The zero-order chi connectivity index (χ0) is 22.6. The van der Waals surface area contributed by atoms with E-state index in [4.69, 9.17) is 0 Å². The number of aromatic nitrogens is 1. The molecule has 0 unspecified atom stereocenters. The van der Waals surface area contributed by atoms with Crippen molar-refractivity contribution in [2.75, 3.05) is 43.6 Å². The van der Waals surface area contributed by atoms with Crippen LogP contribution in [0.25, 0.3) is 10.2 Å². The van der Waals surface area contributed by atoms with Crippen LogP contribution in [0.5, 0.6) is 0 Å². The monoisotopic (exact) mass is 477 g/mol. The Morgan fingerprint density at radius 1 is 1.10 bits per heavy atom. The number of nitrogens with zero attached hydrogens (tertiary/aromatic N) is 3. The minimum atomic E-state index is -3.31. The fraction of sp³-hybridized carbons (Fsp3) is 0.364. The number of thioether (sulfide) groups is 1. The van der Waals surface area contributed by atoms with Crippen LogP contribution in [0.2, 0.25) is 0 Å². The molecule has 2 aromatic carbocycles. The van der Waals surface area contributed by atoms with E-state index in [1.807, 2.05) is 30.5 Å². The van der Waals surface area contributed by atoms with E-state index in [0.717, 1.165) is 29.2 Å². The Morgan fingerprint density at radius 3 is 2.45 bits per heavy atom. The Balaban J connectivity index is 2.04. The van der Waals surface area contributed by atoms with Crippen molar-refractivity contribution >= 4 is 54.2 Å². The Labute approximate surface area is 192 Å². The topological polar surface area (TPSA) is 70.6 Å². The van der Waals surface area contributed by atoms with Crippen LogP contribution in [0, 0.1) is 0 Å². The van der Waals surface area contributed by atoms with Crippen molar-refractivity contribution in [2.24, 2.45) is 0 Å². The van der Waals surface area contributed by atoms with E-state index < -0.39 is 9.84 Å². The minimum Gasteiger partial charge on any atom is -0.302 e. The third-order valence-electron chi connectivity index (χ3n) is 5.12. The molecule has 3 aromatic rings. The van der Waals surface area contributed by atoms with Gasteiger partial charge >= 0.3 is 0 Å². The van der Waals surface area contributed by atoms with E-state index in [0.29, 0.717) is 22.8 Å². The van der Waals surface area contributed by atoms with Gasteiger partial charge in [0, 0.05) is 24.2 Å². The molecule has 9 heteroatoms. The summed E-state index contributed by atoms with van der Waals surface area (Å²) in [4.78, 5) is 23.4. The van der Waals surface area contributed by atoms with Crippen LogP contribution < -0.4 is 4.90 Å². The number of rotatable bonds is 9. The van der Waals surface area contributed by atoms with Gasteiger partial charge in [-0.2, -0.15) is 0 Å². The van der Waals surface area contributed by atoms with E-state index in [9.17, 15) is 13.2 Å². The van der Waals surface area contributed by atoms with Crippen molar-refractivity contribution in [3.8, 4) is 0 Å². The fourth-order valence-corrected chi connectivity index (χ4v) is 5.61. The highest BCUT2D eigenvalue weighted by Crippen LogP contribution is 2.32. The summed E-state index contributed by atoms with van der Waals surface area (Å²) in [5.41, 5.74) is 1.33. The van der Waals surface area contributed by atoms with Crippen molar-refractivity contribution in [3.05, 3.63) is 48.0 Å². The first-order valence-corrected chi connectivity index (χ1v) is 14.0. The summed E-state index contributed by atoms with van der Waals surface area (Å²) in [6, 6.07) is 12.5. The standard InChI is InChI=1S/C22H27N3O3S3/c1-5-24(6-2)13-14-25(21(26)17-9-7-8-10-19(17)29-3)22-23-18-12-11-16(31(4,27)28)15-20(18)30-22/h7-12,15H,5-6,13-14H2,1-4H3. The summed E-state index contributed by atoms with van der Waals surface area (Å²) in [6.45, 7) is 7.23. The molecule has 3 rings (SSSR count). The molecule has 0 aliphatic carbocycles. The predicted octanol–water partition coefficient (Wildman–Crippen LogP) is 4.41. The van der Waals surface area contributed by atoms with Crippen LogP contribution in [0.3, 0.4) is 0 Å². The maximum absolute atomic E-state index is 13.6. The Bertz CT molecular complexity index is 1170. The summed E-state index contributed by atoms with van der Waals surface area (Å²) in [6.07, 6.45) is 3.14. The maximum Gasteiger partial charge on any atom is 0.261 e. The van der Waals surface area contributed by atoms with Crippen molar-refractivity contribution in [1.82, 2.24) is 9.88 Å². The number of carbonyl (C=O) groups is 1. The van der Waals surface area contributed by atoms with E-state index >= 15 is 0 Å². The van der Waals surface area contributed by atoms with Crippen LogP contribution in [0.4, 0.5) is 5.13 Å². The van der Waals surface area contributed by atoms with Gasteiger partial charge in [0.15, 0.2) is 15.0 Å². The van der Waals surface area contributed by atoms with Crippen LogP contribution in [-0.2, 0) is 9.84 Å². The predicted molar refractivity (Wildman–Crippen MR) is 130 cm³/mol. The molecule has 0 fully saturated rings. The fourth-order valence-electron chi connectivity index (χ4n) is 3.27. The molecule has 0 saturated heterocycles. The van der Waals surface area contributed by atoms with Crippen molar-refractivity contribution in [3.63, 3.8) is 0 Å². The van der Waals surface area contributed by atoms with Gasteiger partial charge in [-0.15, -0.1) is 11.8 Å². The number of amides is 1. The smallest absolute Gasteiger partial charge is 0.261 e. The number of thiazole rings is 1. The second kappa shape index (κ2) is 10.1. The Morgan fingerprint density at radius 2 is 1.81 bits per heavy atom. The van der Waals surface area contributed by atoms with E-state index in [1.165, 1.54) is 29.4 Å². The van der Waals surface area contributed by atoms with Crippen molar-refractivity contribution in [1.29, 1.82) is 0 Å². The molecule has 6 nitrogen and oxygen atoms in total. The third kappa shape index (κ3) is 5.46. The van der Waals surface area contributed by atoms with Crippen molar-refractivity contribution < 1.29 is 13.2 Å². The van der Waals surface area contributed by atoms with Gasteiger partial charge in [-0.05, 0) is 49.7 Å². The largest absolute Gasteiger partial charge is 0.302 e. The summed E-state index contributed by atoms with van der Waals surface area (Å²) >= 11 is 2.88. The van der Waals surface area contributed by atoms with Crippen molar-refractivity contribution in [2.45, 2.75) is 23.6 Å². The molecule has 0 aliphatic rings. The molecule has 0 spiro atoms. The van der Waals surface area contributed by atoms with E-state index in [2.05, 4.69) is 23.7 Å². The highest BCUT2D eigenvalue weighted by Gasteiger charge is 2.24. The number of hydrogen-bond acceptors (Lipinski definition) is 7. The molecule has 31 heavy (non-hydrogen) atoms. The number of hydrogen-bond donors (Lipinski definition) is 0. The van der Waals surface area contributed by atoms with Gasteiger partial charge in [0.2, 0.25) is 0 Å². The molecule has 0 atom stereocenters. The molecule has 0 radical (unpaired) electrons. The molecule has 166 valence electrons. The van der Waals surface area contributed by atoms with E-state index in [-0.39, 0.29) is 10.8 Å². The SMILES string of the molecule is CCN(CC)CCN(C(=O)c1ccccc1SC)c1nc2ccc(S(C)(=O)=O)cc2s1. The van der Waals surface area contributed by atoms with Gasteiger partial charge in [-0.25, -0.2) is 13.4 Å². The molecular weight excluding hydrogens is 450 g/mol. The highest BCUT2D eigenvalue weighted by atomic mass is 32.2. The third-order valence-corrected chi connectivity index (χ3v) is 8.07. The summed E-state index contributed by atoms with van der Waals surface area (Å²) in [5, 5.41) is 0.578. The van der Waals surface area contributed by atoms with Crippen LogP contribution in [0.1, 0.15) is 24.2 Å². The van der Waals surface area contributed by atoms with Crippen LogP contribution in [0.15, 0.2) is 52.3 Å². The molecule has 0 aliphatic heterocycles. The average molecular weight is 478 g/mol. The maximum atomic E-state index is 13.6. The van der Waals surface area contributed by atoms with Crippen LogP contribution in [-0.4, -0.2) is 62.9 Å². The van der Waals surface area contributed by atoms with Gasteiger partial charge in [-0.3, -0.25) is 9.69 Å². The average Bonchev–Trinajstić information content (AvgIpc) is 3.18. The molecule has 1 heterocycles. The lowest BCUT2D eigenvalue weighted by atomic mass is 10.2. The molecular formula is C22H27N3O3S3. The molecule has 1 aromatic heterocycles. The molecule has 1 amide bonds. The number of fused-ring (bicyclic) bond motifs is 1. The van der Waals surface area contributed by atoms with Gasteiger partial charge < -0.3 is 4.90 Å². The number of anilines is 1. The second-order valence-electron chi connectivity index (χ2n) is 7.08. The van der Waals surface area contributed by atoms with E-state index in [1.54, 1.807) is 23.1 Å². The zero-order valence-electron chi connectivity index (χ0n) is 18.2. The van der Waals surface area contributed by atoms with Gasteiger partial charge in [0.05, 0.1) is 20.7 Å². The van der Waals surface area contributed by atoms with Crippen LogP contribution >= 0.6 is 23.1 Å². The highest BCUT2D eigenvalue weighted by molar-refractivity contribution is 7.98. The Kier molecular flexibility index (Phi) is 7.74. The number of likely N-dealkylation sites (N-methyl/N-ethyl adjacent to an activating group) is 1. The number of benzene rings is 2. The minimum absolute atomic E-state index is 0.0977. The normalized spacial score (nSPS) is 11.9. The first-order chi connectivity index (χ1) is 14.8. The molecule has 0 N–H and O–H groups in total. The Hall–Kier alpha value is -1.94. The number of sulfone groups is 1. The zero-order valence-corrected chi connectivity index (χ0v) is 20.6. The second-order valence-corrected chi connectivity index (χ2v) is 11.0. The summed E-state index contributed by atoms with van der Waals surface area (Å²) < 4.78 is 24.6. The number of carbonyl (C=O) groups excluding carboxylic acids is 1. The first kappa shape index (κ1) is 23.7. The van der Waals surface area contributed by atoms with Gasteiger partial charge in [0.25, 0.3) is 5.91 Å². The summed E-state index contributed by atoms with van der Waals surface area (Å²) in [5.74, 6) is -0.0977.